The quantitative estimate of drug-likeness (QED) is 0.745. The van der Waals surface area contributed by atoms with Crippen LogP contribution in [0.3, 0.4) is 0 Å². The van der Waals surface area contributed by atoms with Crippen LogP contribution in [0.25, 0.3) is 11.3 Å². The van der Waals surface area contributed by atoms with Crippen LogP contribution in [0, 0.1) is 0 Å². The molecule has 0 amide bonds. The molecule has 0 aliphatic heterocycles. The number of aromatic amines is 1. The van der Waals surface area contributed by atoms with Crippen LogP contribution in [0.4, 0.5) is 0 Å². The first-order valence-corrected chi connectivity index (χ1v) is 9.23. The van der Waals surface area contributed by atoms with Gasteiger partial charge in [0.25, 0.3) is 0 Å². The predicted octanol–water partition coefficient (Wildman–Crippen LogP) is 2.58. The Morgan fingerprint density at radius 2 is 1.83 bits per heavy atom. The highest BCUT2D eigenvalue weighted by Crippen LogP contribution is 2.21. The first-order chi connectivity index (χ1) is 11.0. The molecule has 0 aliphatic carbocycles. The first kappa shape index (κ1) is 15.7. The van der Waals surface area contributed by atoms with Gasteiger partial charge >= 0.3 is 4.87 Å². The van der Waals surface area contributed by atoms with E-state index in [0.717, 1.165) is 16.9 Å². The molecule has 0 spiro atoms. The highest BCUT2D eigenvalue weighted by atomic mass is 32.2. The molecule has 3 aromatic rings. The van der Waals surface area contributed by atoms with E-state index >= 15 is 0 Å². The molecule has 2 N–H and O–H groups in total. The van der Waals surface area contributed by atoms with E-state index in [9.17, 15) is 13.2 Å². The Hall–Kier alpha value is -2.22. The van der Waals surface area contributed by atoms with E-state index in [1.165, 1.54) is 6.07 Å². The maximum absolute atomic E-state index is 12.4. The zero-order chi connectivity index (χ0) is 16.3. The number of H-pyrrole nitrogens is 1. The summed E-state index contributed by atoms with van der Waals surface area (Å²) in [5.74, 6) is 0. The SMILES string of the molecule is O=c1[nH]c(-c2cccc(S(=O)(=O)NCc3ccccc3)c2)cs1. The molecule has 0 unspecified atom stereocenters. The van der Waals surface area contributed by atoms with Crippen LogP contribution >= 0.6 is 11.3 Å². The molecular formula is C16H14N2O3S2. The van der Waals surface area contributed by atoms with Crippen molar-refractivity contribution in [3.63, 3.8) is 0 Å². The summed E-state index contributed by atoms with van der Waals surface area (Å²) in [4.78, 5) is 13.9. The maximum Gasteiger partial charge on any atom is 0.304 e. The summed E-state index contributed by atoms with van der Waals surface area (Å²) in [5, 5.41) is 1.67. The molecular weight excluding hydrogens is 332 g/mol. The molecule has 118 valence electrons. The average molecular weight is 346 g/mol. The Morgan fingerprint density at radius 1 is 1.04 bits per heavy atom. The third kappa shape index (κ3) is 3.76. The normalized spacial score (nSPS) is 11.5. The minimum absolute atomic E-state index is 0.165. The largest absolute Gasteiger partial charge is 0.312 e. The van der Waals surface area contributed by atoms with Gasteiger partial charge in [0.05, 0.1) is 10.6 Å². The summed E-state index contributed by atoms with van der Waals surface area (Å²) in [6, 6.07) is 15.8. The van der Waals surface area contributed by atoms with Crippen LogP contribution in [-0.4, -0.2) is 13.4 Å². The van der Waals surface area contributed by atoms with Crippen molar-refractivity contribution in [2.75, 3.05) is 0 Å². The number of hydrogen-bond acceptors (Lipinski definition) is 4. The van der Waals surface area contributed by atoms with Gasteiger partial charge in [-0.25, -0.2) is 13.1 Å². The molecule has 7 heteroatoms. The maximum atomic E-state index is 12.4. The lowest BCUT2D eigenvalue weighted by Crippen LogP contribution is -2.23. The van der Waals surface area contributed by atoms with Crippen molar-refractivity contribution >= 4 is 21.4 Å². The lowest BCUT2D eigenvalue weighted by atomic mass is 10.2. The van der Waals surface area contributed by atoms with Gasteiger partial charge in [-0.2, -0.15) is 0 Å². The van der Waals surface area contributed by atoms with Crippen LogP contribution in [0.5, 0.6) is 0 Å². The molecule has 1 heterocycles. The van der Waals surface area contributed by atoms with Gasteiger partial charge in [-0.1, -0.05) is 53.8 Å². The second-order valence-electron chi connectivity index (χ2n) is 4.90. The topological polar surface area (TPSA) is 79.0 Å². The second kappa shape index (κ2) is 6.49. The number of hydrogen-bond donors (Lipinski definition) is 2. The third-order valence-electron chi connectivity index (χ3n) is 3.29. The minimum atomic E-state index is -3.62. The second-order valence-corrected chi connectivity index (χ2v) is 7.51. The van der Waals surface area contributed by atoms with Gasteiger partial charge in [-0.15, -0.1) is 0 Å². The van der Waals surface area contributed by atoms with E-state index in [1.54, 1.807) is 23.6 Å². The van der Waals surface area contributed by atoms with E-state index in [0.29, 0.717) is 11.3 Å². The van der Waals surface area contributed by atoms with Gasteiger partial charge < -0.3 is 4.98 Å². The van der Waals surface area contributed by atoms with Crippen LogP contribution in [0.2, 0.25) is 0 Å². The monoisotopic (exact) mass is 346 g/mol. The van der Waals surface area contributed by atoms with E-state index in [4.69, 9.17) is 0 Å². The van der Waals surface area contributed by atoms with Crippen molar-refractivity contribution in [2.45, 2.75) is 11.4 Å². The highest BCUT2D eigenvalue weighted by molar-refractivity contribution is 7.89. The lowest BCUT2D eigenvalue weighted by molar-refractivity contribution is 0.581. The van der Waals surface area contributed by atoms with Crippen LogP contribution < -0.4 is 9.60 Å². The standard InChI is InChI=1S/C16H14N2O3S2/c19-16-18-15(11-22-16)13-7-4-8-14(9-13)23(20,21)17-10-12-5-2-1-3-6-12/h1-9,11,17H,10H2,(H,18,19). The molecule has 3 rings (SSSR count). The Balaban J connectivity index is 1.84. The molecule has 23 heavy (non-hydrogen) atoms. The van der Waals surface area contributed by atoms with E-state index < -0.39 is 10.0 Å². The number of nitrogens with one attached hydrogen (secondary N) is 2. The van der Waals surface area contributed by atoms with E-state index in [-0.39, 0.29) is 16.3 Å². The van der Waals surface area contributed by atoms with Gasteiger partial charge in [-0.05, 0) is 17.7 Å². The van der Waals surface area contributed by atoms with Crippen molar-refractivity contribution < 1.29 is 8.42 Å². The number of rotatable bonds is 5. The molecule has 0 saturated heterocycles. The fraction of sp³-hybridized carbons (Fsp3) is 0.0625. The van der Waals surface area contributed by atoms with E-state index in [2.05, 4.69) is 9.71 Å². The van der Waals surface area contributed by atoms with Gasteiger partial charge in [0.2, 0.25) is 10.0 Å². The van der Waals surface area contributed by atoms with Crippen molar-refractivity contribution in [1.82, 2.24) is 9.71 Å². The van der Waals surface area contributed by atoms with Gasteiger partial charge in [0.1, 0.15) is 0 Å². The molecule has 0 saturated carbocycles. The number of aromatic nitrogens is 1. The minimum Gasteiger partial charge on any atom is -0.312 e. The lowest BCUT2D eigenvalue weighted by Gasteiger charge is -2.08. The van der Waals surface area contributed by atoms with Crippen molar-refractivity contribution in [3.05, 3.63) is 75.2 Å². The number of benzene rings is 2. The zero-order valence-electron chi connectivity index (χ0n) is 12.0. The van der Waals surface area contributed by atoms with Gasteiger partial charge in [0.15, 0.2) is 0 Å². The Morgan fingerprint density at radius 3 is 2.52 bits per heavy atom. The fourth-order valence-electron chi connectivity index (χ4n) is 2.11. The molecule has 2 aromatic carbocycles. The third-order valence-corrected chi connectivity index (χ3v) is 5.35. The Labute approximate surface area is 137 Å². The van der Waals surface area contributed by atoms with Gasteiger partial charge in [0, 0.05) is 17.5 Å². The molecule has 0 radical (unpaired) electrons. The molecule has 1 aromatic heterocycles. The molecule has 0 aliphatic rings. The summed E-state index contributed by atoms with van der Waals surface area (Å²) in [6.07, 6.45) is 0. The summed E-state index contributed by atoms with van der Waals surface area (Å²) in [5.41, 5.74) is 2.15. The average Bonchev–Trinajstić information content (AvgIpc) is 3.01. The smallest absolute Gasteiger partial charge is 0.304 e. The summed E-state index contributed by atoms with van der Waals surface area (Å²) in [7, 11) is -3.62. The van der Waals surface area contributed by atoms with Crippen LogP contribution in [0.15, 0.2) is 69.7 Å². The molecule has 0 bridgehead atoms. The fourth-order valence-corrected chi connectivity index (χ4v) is 3.76. The van der Waals surface area contributed by atoms with E-state index in [1.807, 2.05) is 30.3 Å². The van der Waals surface area contributed by atoms with Crippen molar-refractivity contribution in [3.8, 4) is 11.3 Å². The van der Waals surface area contributed by atoms with Crippen LogP contribution in [-0.2, 0) is 16.6 Å². The first-order valence-electron chi connectivity index (χ1n) is 6.86. The van der Waals surface area contributed by atoms with Gasteiger partial charge in [-0.3, -0.25) is 4.79 Å². The summed E-state index contributed by atoms with van der Waals surface area (Å²) in [6.45, 7) is 0.225. The van der Waals surface area contributed by atoms with Crippen molar-refractivity contribution in [1.29, 1.82) is 0 Å². The zero-order valence-corrected chi connectivity index (χ0v) is 13.7. The molecule has 0 fully saturated rings. The molecule has 5 nitrogen and oxygen atoms in total. The highest BCUT2D eigenvalue weighted by Gasteiger charge is 2.15. The Kier molecular flexibility index (Phi) is 4.42. The number of thiazole rings is 1. The van der Waals surface area contributed by atoms with Crippen LogP contribution in [0.1, 0.15) is 5.56 Å². The molecule has 0 atom stereocenters. The Bertz CT molecular complexity index is 960. The summed E-state index contributed by atoms with van der Waals surface area (Å²) >= 11 is 1.04. The summed E-state index contributed by atoms with van der Waals surface area (Å²) < 4.78 is 27.4. The number of sulfonamides is 1. The van der Waals surface area contributed by atoms with Crippen molar-refractivity contribution in [2.24, 2.45) is 0 Å². The predicted molar refractivity (Wildman–Crippen MR) is 90.8 cm³/mol.